The van der Waals surface area contributed by atoms with Crippen molar-refractivity contribution >= 4 is 23.0 Å². The van der Waals surface area contributed by atoms with Gasteiger partial charge in [0.15, 0.2) is 17.9 Å². The molecule has 33 heavy (non-hydrogen) atoms. The molecule has 1 aliphatic rings. The van der Waals surface area contributed by atoms with Gasteiger partial charge in [-0.1, -0.05) is 6.07 Å². The SMILES string of the molecule is COc1cc(C=C2C(C)=C(CCC(=O)Cc3cocn3)c3cc(F)ccc32)cc(OC)c1O. The number of ketones is 1. The topological polar surface area (TPSA) is 81.8 Å². The average molecular weight is 449 g/mol. The molecule has 0 saturated carbocycles. The maximum Gasteiger partial charge on any atom is 0.200 e. The van der Waals surface area contributed by atoms with Crippen LogP contribution < -0.4 is 9.47 Å². The predicted molar refractivity (Wildman–Crippen MR) is 123 cm³/mol. The van der Waals surface area contributed by atoms with Crippen molar-refractivity contribution in [1.29, 1.82) is 0 Å². The first-order chi connectivity index (χ1) is 15.9. The van der Waals surface area contributed by atoms with E-state index in [0.29, 0.717) is 30.0 Å². The number of aromatic hydroxyl groups is 1. The molecule has 0 radical (unpaired) electrons. The van der Waals surface area contributed by atoms with Crippen LogP contribution in [0.15, 0.2) is 53.0 Å². The van der Waals surface area contributed by atoms with Gasteiger partial charge < -0.3 is 19.0 Å². The Bertz CT molecular complexity index is 1230. The highest BCUT2D eigenvalue weighted by Crippen LogP contribution is 2.45. The molecule has 7 heteroatoms. The fourth-order valence-corrected chi connectivity index (χ4v) is 4.12. The van der Waals surface area contributed by atoms with Gasteiger partial charge in [-0.2, -0.15) is 0 Å². The van der Waals surface area contributed by atoms with E-state index in [1.807, 2.05) is 13.0 Å². The van der Waals surface area contributed by atoms with Crippen LogP contribution in [0, 0.1) is 5.82 Å². The number of phenols is 1. The summed E-state index contributed by atoms with van der Waals surface area (Å²) < 4.78 is 29.6. The van der Waals surface area contributed by atoms with Gasteiger partial charge in [-0.15, -0.1) is 0 Å². The standard InChI is InChI=1S/C26H24FNO5/c1-15-20(7-5-19(29)12-18-13-33-14-28-18)23-11-17(27)4-6-21(23)22(15)8-16-9-24(31-2)26(30)25(10-16)32-3/h4,6,8-11,13-14,30H,5,7,12H2,1-3H3. The molecule has 4 rings (SSSR count). The zero-order chi connectivity index (χ0) is 23.5. The van der Waals surface area contributed by atoms with Crippen molar-refractivity contribution in [3.8, 4) is 17.2 Å². The Kier molecular flexibility index (Phi) is 6.31. The van der Waals surface area contributed by atoms with Crippen LogP contribution in [0.1, 0.15) is 42.1 Å². The molecule has 0 atom stereocenters. The van der Waals surface area contributed by atoms with Crippen molar-refractivity contribution in [2.45, 2.75) is 26.2 Å². The molecule has 0 unspecified atom stereocenters. The molecular formula is C26H24FNO5. The summed E-state index contributed by atoms with van der Waals surface area (Å²) in [6.07, 6.45) is 5.71. The van der Waals surface area contributed by atoms with E-state index in [4.69, 9.17) is 13.9 Å². The third-order valence-electron chi connectivity index (χ3n) is 5.78. The van der Waals surface area contributed by atoms with E-state index in [0.717, 1.165) is 33.4 Å². The third-order valence-corrected chi connectivity index (χ3v) is 5.78. The molecule has 0 bridgehead atoms. The van der Waals surface area contributed by atoms with E-state index in [2.05, 4.69) is 4.98 Å². The number of oxazole rings is 1. The number of hydrogen-bond acceptors (Lipinski definition) is 6. The number of halogens is 1. The molecule has 1 heterocycles. The van der Waals surface area contributed by atoms with Crippen LogP contribution in [0.2, 0.25) is 0 Å². The second kappa shape index (κ2) is 9.32. The number of phenolic OH excluding ortho intramolecular Hbond substituents is 1. The fraction of sp³-hybridized carbons (Fsp3) is 0.231. The maximum absolute atomic E-state index is 14.1. The normalized spacial score (nSPS) is 14.0. The lowest BCUT2D eigenvalue weighted by Crippen LogP contribution is -2.03. The summed E-state index contributed by atoms with van der Waals surface area (Å²) in [5.41, 5.74) is 5.84. The summed E-state index contributed by atoms with van der Waals surface area (Å²) in [4.78, 5) is 16.4. The molecule has 0 spiro atoms. The highest BCUT2D eigenvalue weighted by Gasteiger charge is 2.25. The quantitative estimate of drug-likeness (QED) is 0.492. The van der Waals surface area contributed by atoms with E-state index >= 15 is 0 Å². The number of allylic oxidation sites excluding steroid dienone is 3. The van der Waals surface area contributed by atoms with Crippen molar-refractivity contribution in [2.75, 3.05) is 14.2 Å². The van der Waals surface area contributed by atoms with Crippen LogP contribution in [0.25, 0.3) is 17.2 Å². The molecule has 0 fully saturated rings. The zero-order valence-corrected chi connectivity index (χ0v) is 18.6. The average Bonchev–Trinajstić information content (AvgIpc) is 3.39. The van der Waals surface area contributed by atoms with E-state index in [-0.39, 0.29) is 23.8 Å². The van der Waals surface area contributed by atoms with Gasteiger partial charge in [0.1, 0.15) is 17.9 Å². The maximum atomic E-state index is 14.1. The highest BCUT2D eigenvalue weighted by atomic mass is 19.1. The minimum absolute atomic E-state index is 0.0348. The minimum atomic E-state index is -0.331. The molecule has 2 aromatic carbocycles. The van der Waals surface area contributed by atoms with Gasteiger partial charge in [-0.3, -0.25) is 4.79 Å². The summed E-state index contributed by atoms with van der Waals surface area (Å²) in [5.74, 6) is 0.210. The van der Waals surface area contributed by atoms with E-state index in [1.54, 1.807) is 18.2 Å². The Balaban J connectivity index is 1.69. The highest BCUT2D eigenvalue weighted by molar-refractivity contribution is 6.05. The summed E-state index contributed by atoms with van der Waals surface area (Å²) in [5, 5.41) is 10.2. The smallest absolute Gasteiger partial charge is 0.200 e. The van der Waals surface area contributed by atoms with Crippen molar-refractivity contribution in [3.05, 3.63) is 76.8 Å². The van der Waals surface area contributed by atoms with E-state index in [1.165, 1.54) is 39.0 Å². The van der Waals surface area contributed by atoms with Gasteiger partial charge in [0, 0.05) is 6.42 Å². The van der Waals surface area contributed by atoms with Crippen molar-refractivity contribution in [1.82, 2.24) is 4.98 Å². The van der Waals surface area contributed by atoms with Crippen LogP contribution in [-0.2, 0) is 11.2 Å². The Morgan fingerprint density at radius 3 is 2.52 bits per heavy atom. The number of carbonyl (C=O) groups is 1. The molecule has 170 valence electrons. The lowest BCUT2D eigenvalue weighted by Gasteiger charge is -2.11. The number of Topliss-reactive ketones (excluding diaryl/α,β-unsaturated/α-hetero) is 1. The van der Waals surface area contributed by atoms with Crippen LogP contribution in [0.5, 0.6) is 17.2 Å². The zero-order valence-electron chi connectivity index (χ0n) is 18.6. The number of carbonyl (C=O) groups excluding carboxylic acids is 1. The van der Waals surface area contributed by atoms with Gasteiger partial charge >= 0.3 is 0 Å². The van der Waals surface area contributed by atoms with Crippen molar-refractivity contribution in [3.63, 3.8) is 0 Å². The van der Waals surface area contributed by atoms with Gasteiger partial charge in [-0.05, 0) is 77.1 Å². The lowest BCUT2D eigenvalue weighted by molar-refractivity contribution is -0.118. The second-order valence-electron chi connectivity index (χ2n) is 7.82. The number of methoxy groups -OCH3 is 2. The molecule has 0 aliphatic heterocycles. The van der Waals surface area contributed by atoms with Gasteiger partial charge in [-0.25, -0.2) is 9.37 Å². The number of benzene rings is 2. The summed E-state index contributed by atoms with van der Waals surface area (Å²) in [6.45, 7) is 1.97. The minimum Gasteiger partial charge on any atom is -0.502 e. The molecular weight excluding hydrogens is 425 g/mol. The Morgan fingerprint density at radius 2 is 1.88 bits per heavy atom. The summed E-state index contributed by atoms with van der Waals surface area (Å²) in [6, 6.07) is 8.10. The van der Waals surface area contributed by atoms with Crippen molar-refractivity contribution in [2.24, 2.45) is 0 Å². The fourth-order valence-electron chi connectivity index (χ4n) is 4.12. The molecule has 6 nitrogen and oxygen atoms in total. The molecule has 1 N–H and O–H groups in total. The molecule has 0 amide bonds. The first kappa shape index (κ1) is 22.3. The number of fused-ring (bicyclic) bond motifs is 1. The first-order valence-electron chi connectivity index (χ1n) is 10.5. The van der Waals surface area contributed by atoms with E-state index in [9.17, 15) is 14.3 Å². The number of rotatable bonds is 8. The first-order valence-corrected chi connectivity index (χ1v) is 10.5. The Hall–Kier alpha value is -3.87. The van der Waals surface area contributed by atoms with Crippen LogP contribution >= 0.6 is 0 Å². The number of ether oxygens (including phenoxy) is 2. The third kappa shape index (κ3) is 4.53. The van der Waals surface area contributed by atoms with Crippen LogP contribution in [-0.4, -0.2) is 30.1 Å². The predicted octanol–water partition coefficient (Wildman–Crippen LogP) is 5.46. The van der Waals surface area contributed by atoms with Crippen LogP contribution in [0.3, 0.4) is 0 Å². The van der Waals surface area contributed by atoms with Gasteiger partial charge in [0.2, 0.25) is 5.75 Å². The summed E-state index contributed by atoms with van der Waals surface area (Å²) in [7, 11) is 2.94. The van der Waals surface area contributed by atoms with Crippen LogP contribution in [0.4, 0.5) is 4.39 Å². The number of aromatic nitrogens is 1. The summed E-state index contributed by atoms with van der Waals surface area (Å²) >= 11 is 0. The van der Waals surface area contributed by atoms with E-state index < -0.39 is 0 Å². The molecule has 1 aliphatic carbocycles. The Morgan fingerprint density at radius 1 is 1.15 bits per heavy atom. The number of hydrogen-bond donors (Lipinski definition) is 1. The molecule has 1 aromatic heterocycles. The molecule has 3 aromatic rings. The largest absolute Gasteiger partial charge is 0.502 e. The molecule has 0 saturated heterocycles. The second-order valence-corrected chi connectivity index (χ2v) is 7.82. The van der Waals surface area contributed by atoms with Crippen molar-refractivity contribution < 1.29 is 28.2 Å². The Labute approximate surface area is 191 Å². The van der Waals surface area contributed by atoms with Gasteiger partial charge in [0.25, 0.3) is 0 Å². The monoisotopic (exact) mass is 449 g/mol. The lowest BCUT2D eigenvalue weighted by atomic mass is 9.98. The van der Waals surface area contributed by atoms with Gasteiger partial charge in [0.05, 0.1) is 26.3 Å². The number of nitrogens with zero attached hydrogens (tertiary/aromatic N) is 1.